The summed E-state index contributed by atoms with van der Waals surface area (Å²) < 4.78 is 20.1. The zero-order valence-corrected chi connectivity index (χ0v) is 31.4. The van der Waals surface area contributed by atoms with Gasteiger partial charge in [-0.05, 0) is 49.2 Å². The molecule has 4 aromatic rings. The Bertz CT molecular complexity index is 2210. The summed E-state index contributed by atoms with van der Waals surface area (Å²) in [6.45, 7) is 1.12. The summed E-state index contributed by atoms with van der Waals surface area (Å²) in [5.74, 6) is -4.59. The molecule has 59 heavy (non-hydrogen) atoms. The minimum atomic E-state index is -2.74. The van der Waals surface area contributed by atoms with Crippen LogP contribution in [0.25, 0.3) is 0 Å². The van der Waals surface area contributed by atoms with E-state index in [1.165, 1.54) is 62.4 Å². The van der Waals surface area contributed by atoms with Crippen molar-refractivity contribution < 1.29 is 85.1 Å². The Labute approximate surface area is 334 Å². The summed E-state index contributed by atoms with van der Waals surface area (Å²) in [7, 11) is 0. The molecule has 0 amide bonds. The van der Waals surface area contributed by atoms with E-state index < -0.39 is 142 Å². The lowest BCUT2D eigenvalue weighted by Crippen LogP contribution is -2.70. The van der Waals surface area contributed by atoms with Gasteiger partial charge in [0, 0.05) is 22.3 Å². The van der Waals surface area contributed by atoms with Crippen LogP contribution in [0.15, 0.2) is 60.7 Å². The van der Waals surface area contributed by atoms with Gasteiger partial charge in [-0.1, -0.05) is 36.4 Å². The molecule has 2 saturated heterocycles. The lowest BCUT2D eigenvalue weighted by atomic mass is 9.64. The third-order valence-electron chi connectivity index (χ3n) is 12.0. The molecule has 0 spiro atoms. The Morgan fingerprint density at radius 3 is 1.22 bits per heavy atom. The maximum atomic E-state index is 14.5. The molecule has 12 atom stereocenters. The average molecular weight is 819 g/mol. The zero-order chi connectivity index (χ0) is 42.6. The highest BCUT2D eigenvalue weighted by Gasteiger charge is 2.67. The molecule has 2 aliphatic carbocycles. The predicted molar refractivity (Wildman–Crippen MR) is 199 cm³/mol. The number of hydrogen-bond donors (Lipinski definition) is 12. The molecular formula is C42H42O17. The summed E-state index contributed by atoms with van der Waals surface area (Å²) in [6.07, 6.45) is -20.2. The van der Waals surface area contributed by atoms with Crippen molar-refractivity contribution in [1.82, 2.24) is 0 Å². The van der Waals surface area contributed by atoms with Crippen LogP contribution in [0.5, 0.6) is 23.0 Å². The van der Waals surface area contributed by atoms with Crippen molar-refractivity contribution in [2.75, 3.05) is 13.2 Å². The van der Waals surface area contributed by atoms with Gasteiger partial charge in [-0.15, -0.1) is 0 Å². The maximum Gasteiger partial charge on any atom is 0.201 e. The first-order valence-electron chi connectivity index (χ1n) is 18.7. The summed E-state index contributed by atoms with van der Waals surface area (Å²) in [5.41, 5.74) is -8.36. The number of hydrogen-bond acceptors (Lipinski definition) is 17. The minimum Gasteiger partial charge on any atom is -0.507 e. The van der Waals surface area contributed by atoms with E-state index in [2.05, 4.69) is 0 Å². The lowest BCUT2D eigenvalue weighted by molar-refractivity contribution is -0.322. The van der Waals surface area contributed by atoms with Gasteiger partial charge >= 0.3 is 0 Å². The first kappa shape index (κ1) is 40.7. The smallest absolute Gasteiger partial charge is 0.201 e. The molecule has 0 radical (unpaired) electrons. The van der Waals surface area contributed by atoms with Crippen LogP contribution in [-0.4, -0.2) is 147 Å². The van der Waals surface area contributed by atoms with Gasteiger partial charge in [0.05, 0.1) is 35.5 Å². The molecule has 2 aliphatic heterocycles. The Balaban J connectivity index is 1.61. The highest BCUT2D eigenvalue weighted by Crippen LogP contribution is 2.60. The monoisotopic (exact) mass is 818 g/mol. The lowest BCUT2D eigenvalue weighted by Gasteiger charge is -2.58. The van der Waals surface area contributed by atoms with Crippen molar-refractivity contribution in [3.63, 3.8) is 0 Å². The fraction of sp³-hybridized carbons (Fsp3) is 0.381. The number of ether oxygens (including phenoxy) is 3. The van der Waals surface area contributed by atoms with E-state index in [9.17, 15) is 70.9 Å². The number of carbonyl (C=O) groups is 2. The average Bonchev–Trinajstić information content (AvgIpc) is 3.19. The maximum absolute atomic E-state index is 14.5. The van der Waals surface area contributed by atoms with Crippen molar-refractivity contribution in [3.05, 3.63) is 116 Å². The molecule has 0 aromatic heterocycles. The number of aryl methyl sites for hydroxylation is 2. The van der Waals surface area contributed by atoms with Crippen molar-refractivity contribution >= 4 is 11.6 Å². The fourth-order valence-electron chi connectivity index (χ4n) is 9.39. The number of phenolic OH excluding ortho intramolecular Hbond substituents is 4. The molecule has 17 nitrogen and oxygen atoms in total. The van der Waals surface area contributed by atoms with E-state index in [1.807, 2.05) is 0 Å². The Kier molecular flexibility index (Phi) is 9.89. The van der Waals surface area contributed by atoms with E-state index in [4.69, 9.17) is 14.2 Å². The van der Waals surface area contributed by atoms with E-state index in [0.29, 0.717) is 0 Å². The number of fused-ring (bicyclic) bond motifs is 4. The Hall–Kier alpha value is -5.02. The molecule has 4 aliphatic rings. The minimum absolute atomic E-state index is 0.267. The van der Waals surface area contributed by atoms with Crippen LogP contribution in [0, 0.1) is 13.8 Å². The number of benzene rings is 4. The summed E-state index contributed by atoms with van der Waals surface area (Å²) in [6, 6.07) is 12.6. The highest BCUT2D eigenvalue weighted by atomic mass is 16.6. The molecule has 2 unspecified atom stereocenters. The zero-order valence-electron chi connectivity index (χ0n) is 31.4. The van der Waals surface area contributed by atoms with Crippen LogP contribution in [0.2, 0.25) is 0 Å². The van der Waals surface area contributed by atoms with Gasteiger partial charge in [-0.2, -0.15) is 0 Å². The second kappa shape index (κ2) is 14.3. The molecular weight excluding hydrogens is 776 g/mol. The third-order valence-corrected chi connectivity index (χ3v) is 12.0. The predicted octanol–water partition coefficient (Wildman–Crippen LogP) is -0.897. The third kappa shape index (κ3) is 5.59. The molecule has 8 rings (SSSR count). The number of aliphatic hydroxyl groups excluding tert-OH is 8. The first-order chi connectivity index (χ1) is 28.0. The highest BCUT2D eigenvalue weighted by molar-refractivity contribution is 6.17. The molecule has 0 saturated carbocycles. The van der Waals surface area contributed by atoms with Crippen LogP contribution >= 0.6 is 0 Å². The molecule has 2 heterocycles. The molecule has 2 fully saturated rings. The number of phenols is 4. The molecule has 17 heteroatoms. The number of aliphatic hydroxyl groups is 8. The van der Waals surface area contributed by atoms with Gasteiger partial charge in [-0.25, -0.2) is 0 Å². The van der Waals surface area contributed by atoms with Crippen molar-refractivity contribution in [3.8, 4) is 23.0 Å². The van der Waals surface area contributed by atoms with Crippen molar-refractivity contribution in [2.24, 2.45) is 0 Å². The van der Waals surface area contributed by atoms with Crippen LogP contribution in [-0.2, 0) is 25.4 Å². The van der Waals surface area contributed by atoms with Crippen LogP contribution in [0.4, 0.5) is 0 Å². The topological polar surface area (TPSA) is 305 Å². The molecule has 0 bridgehead atoms. The Morgan fingerprint density at radius 1 is 0.508 bits per heavy atom. The van der Waals surface area contributed by atoms with Gasteiger partial charge in [0.1, 0.15) is 84.0 Å². The summed E-state index contributed by atoms with van der Waals surface area (Å²) in [5, 5.41) is 136. The number of carbonyl (C=O) groups excluding carboxylic acids is 2. The molecule has 4 aromatic carbocycles. The van der Waals surface area contributed by atoms with E-state index in [1.54, 1.807) is 0 Å². The second-order valence-corrected chi connectivity index (χ2v) is 15.5. The number of aromatic hydroxyl groups is 4. The van der Waals surface area contributed by atoms with Gasteiger partial charge in [0.25, 0.3) is 0 Å². The fourth-order valence-corrected chi connectivity index (χ4v) is 9.39. The second-order valence-electron chi connectivity index (χ2n) is 15.5. The summed E-state index contributed by atoms with van der Waals surface area (Å²) in [4.78, 5) is 29.1. The van der Waals surface area contributed by atoms with Crippen LogP contribution in [0.1, 0.15) is 65.2 Å². The van der Waals surface area contributed by atoms with Gasteiger partial charge < -0.3 is 75.5 Å². The van der Waals surface area contributed by atoms with E-state index >= 15 is 0 Å². The molecule has 312 valence electrons. The van der Waals surface area contributed by atoms with E-state index in [-0.39, 0.29) is 33.4 Å². The molecule has 12 N–H and O–H groups in total. The summed E-state index contributed by atoms with van der Waals surface area (Å²) >= 11 is 0. The van der Waals surface area contributed by atoms with Gasteiger partial charge in [0.2, 0.25) is 11.6 Å². The number of ketones is 2. The van der Waals surface area contributed by atoms with Crippen LogP contribution in [0.3, 0.4) is 0 Å². The van der Waals surface area contributed by atoms with E-state index in [0.717, 1.165) is 12.1 Å². The van der Waals surface area contributed by atoms with Gasteiger partial charge in [-0.3, -0.25) is 9.59 Å². The SMILES string of the molecule is Cc1cc(O)c2c(c1)C(OC1([C@@H]3O[C@H](CO)[C@@H](O)[C@H](O)[C@H]3O)c3cccc(O)c3C(=O)c3c(O)cc(C)cc31)([C@@H]1O[C@H](CO)[C@@H](O)[C@H](O)[C@H]1O)c1cccc(O)c1C2=O. The number of rotatable bonds is 6. The van der Waals surface area contributed by atoms with Crippen molar-refractivity contribution in [1.29, 1.82) is 0 Å². The van der Waals surface area contributed by atoms with Gasteiger partial charge in [0.15, 0.2) is 11.2 Å². The Morgan fingerprint density at radius 2 is 0.864 bits per heavy atom. The standard InChI is InChI=1S/C42H42O17/c1-15-9-19-29(23(47)11-15)33(51)27-17(5-3-7-21(27)45)41(19,39-37(55)35(53)31(49)25(13-43)57-39)59-42(40-38(56)36(54)32(50)26(14-44)58-40)18-6-4-8-22(46)28(18)34(52)30-20(42)10-16(2)12-24(30)48/h3-12,25-26,31-32,35-40,43-50,53-56H,13-14H2,1-2H3/t25-,26-,31-,32-,35+,36+,37-,38-,39-,40-,41?,42?/m1/s1. The quantitative estimate of drug-likeness (QED) is 0.112. The first-order valence-corrected chi connectivity index (χ1v) is 18.7. The van der Waals surface area contributed by atoms with Crippen LogP contribution < -0.4 is 0 Å². The van der Waals surface area contributed by atoms with Crippen molar-refractivity contribution in [2.45, 2.75) is 86.1 Å². The largest absolute Gasteiger partial charge is 0.507 e. The normalized spacial score (nSPS) is 33.8.